The molecular weight excluding hydrogens is 296 g/mol. The summed E-state index contributed by atoms with van der Waals surface area (Å²) in [5.74, 6) is -1.06. The molecule has 0 spiro atoms. The summed E-state index contributed by atoms with van der Waals surface area (Å²) in [6.45, 7) is 0. The Morgan fingerprint density at radius 3 is 2.65 bits per heavy atom. The van der Waals surface area contributed by atoms with Crippen molar-refractivity contribution in [2.24, 2.45) is 0 Å². The number of aliphatic carboxylic acids is 1. The van der Waals surface area contributed by atoms with Gasteiger partial charge in [0.15, 0.2) is 0 Å². The highest BCUT2D eigenvalue weighted by Crippen LogP contribution is 2.35. The van der Waals surface area contributed by atoms with Crippen LogP contribution in [0.2, 0.25) is 0 Å². The maximum absolute atomic E-state index is 12.5. The Morgan fingerprint density at radius 1 is 1.30 bits per heavy atom. The van der Waals surface area contributed by atoms with Crippen LogP contribution in [0.25, 0.3) is 0 Å². The van der Waals surface area contributed by atoms with Gasteiger partial charge < -0.3 is 15.3 Å². The van der Waals surface area contributed by atoms with Crippen molar-refractivity contribution in [1.29, 1.82) is 0 Å². The number of amides is 2. The Hall–Kier alpha value is -2.37. The molecule has 0 atom stereocenters. The summed E-state index contributed by atoms with van der Waals surface area (Å²) in [5, 5.41) is 11.9. The monoisotopic (exact) mass is 316 g/mol. The van der Waals surface area contributed by atoms with E-state index in [-0.39, 0.29) is 18.2 Å². The highest BCUT2D eigenvalue weighted by atomic mass is 16.4. The minimum atomic E-state index is -0.893. The average Bonchev–Trinajstić information content (AvgIpc) is 2.48. The van der Waals surface area contributed by atoms with Crippen LogP contribution >= 0.6 is 0 Å². The third-order valence-electron chi connectivity index (χ3n) is 4.86. The van der Waals surface area contributed by atoms with Gasteiger partial charge in [-0.05, 0) is 49.4 Å². The summed E-state index contributed by atoms with van der Waals surface area (Å²) < 4.78 is 0. The van der Waals surface area contributed by atoms with Crippen LogP contribution in [-0.4, -0.2) is 35.5 Å². The molecule has 1 aromatic rings. The van der Waals surface area contributed by atoms with Gasteiger partial charge in [-0.15, -0.1) is 0 Å². The van der Waals surface area contributed by atoms with Crippen LogP contribution in [-0.2, 0) is 16.0 Å². The predicted octanol–water partition coefficient (Wildman–Crippen LogP) is 1.72. The van der Waals surface area contributed by atoms with Gasteiger partial charge in [-0.3, -0.25) is 14.4 Å². The van der Waals surface area contributed by atoms with Crippen LogP contribution in [0.1, 0.15) is 48.0 Å². The molecule has 23 heavy (non-hydrogen) atoms. The van der Waals surface area contributed by atoms with Crippen molar-refractivity contribution in [1.82, 2.24) is 5.32 Å². The lowest BCUT2D eigenvalue weighted by Gasteiger charge is -2.41. The van der Waals surface area contributed by atoms with E-state index in [1.54, 1.807) is 30.1 Å². The number of rotatable bonds is 4. The molecule has 1 aliphatic heterocycles. The number of benzene rings is 1. The summed E-state index contributed by atoms with van der Waals surface area (Å²) in [7, 11) is 1.73. The smallest absolute Gasteiger partial charge is 0.305 e. The van der Waals surface area contributed by atoms with Gasteiger partial charge in [0.25, 0.3) is 5.91 Å². The largest absolute Gasteiger partial charge is 0.481 e. The molecular formula is C17H20N2O4. The van der Waals surface area contributed by atoms with E-state index in [4.69, 9.17) is 5.11 Å². The second kappa shape index (κ2) is 5.68. The fourth-order valence-corrected chi connectivity index (χ4v) is 3.35. The summed E-state index contributed by atoms with van der Waals surface area (Å²) in [5.41, 5.74) is 1.72. The van der Waals surface area contributed by atoms with Gasteiger partial charge in [-0.1, -0.05) is 0 Å². The second-order valence-electron chi connectivity index (χ2n) is 6.45. The van der Waals surface area contributed by atoms with E-state index in [2.05, 4.69) is 5.32 Å². The maximum Gasteiger partial charge on any atom is 0.305 e. The number of hydrogen-bond donors (Lipinski definition) is 2. The summed E-state index contributed by atoms with van der Waals surface area (Å²) >= 11 is 0. The molecule has 1 heterocycles. The number of carboxylic acid groups (broad SMARTS) is 1. The first-order valence-corrected chi connectivity index (χ1v) is 7.84. The van der Waals surface area contributed by atoms with Gasteiger partial charge >= 0.3 is 5.97 Å². The zero-order valence-electron chi connectivity index (χ0n) is 13.1. The Kier molecular flexibility index (Phi) is 3.83. The number of hydrogen-bond acceptors (Lipinski definition) is 3. The van der Waals surface area contributed by atoms with Crippen molar-refractivity contribution in [3.05, 3.63) is 29.3 Å². The molecule has 1 saturated carbocycles. The number of fused-ring (bicyclic) bond motifs is 1. The first kappa shape index (κ1) is 15.5. The molecule has 3 rings (SSSR count). The van der Waals surface area contributed by atoms with E-state index in [0.717, 1.165) is 17.7 Å². The molecule has 2 amide bonds. The summed E-state index contributed by atoms with van der Waals surface area (Å²) in [4.78, 5) is 36.8. The molecule has 0 saturated heterocycles. The van der Waals surface area contributed by atoms with E-state index in [1.807, 2.05) is 0 Å². The number of anilines is 1. The number of aryl methyl sites for hydroxylation is 1. The molecule has 1 aromatic carbocycles. The van der Waals surface area contributed by atoms with Crippen molar-refractivity contribution in [2.75, 3.05) is 11.9 Å². The quantitative estimate of drug-likeness (QED) is 0.885. The Labute approximate surface area is 134 Å². The summed E-state index contributed by atoms with van der Waals surface area (Å²) in [6.07, 6.45) is 3.36. The lowest BCUT2D eigenvalue weighted by atomic mass is 9.74. The zero-order chi connectivity index (χ0) is 16.6. The first-order chi connectivity index (χ1) is 10.9. The fourth-order valence-electron chi connectivity index (χ4n) is 3.35. The van der Waals surface area contributed by atoms with Crippen molar-refractivity contribution in [2.45, 2.75) is 44.1 Å². The lowest BCUT2D eigenvalue weighted by molar-refractivity contribution is -0.139. The Bertz CT molecular complexity index is 679. The standard InChI is InChI=1S/C17H20N2O4/c1-19-13-5-3-12(9-11(13)4-6-14(19)20)16(23)18-17(7-2-8-17)10-15(21)22/h3,5,9H,2,4,6-8,10H2,1H3,(H,18,23)(H,21,22). The SMILES string of the molecule is CN1C(=O)CCc2cc(C(=O)NC3(CC(=O)O)CCC3)ccc21. The minimum Gasteiger partial charge on any atom is -0.481 e. The second-order valence-corrected chi connectivity index (χ2v) is 6.45. The molecule has 0 radical (unpaired) electrons. The van der Waals surface area contributed by atoms with Gasteiger partial charge in [-0.2, -0.15) is 0 Å². The highest BCUT2D eigenvalue weighted by molar-refractivity contribution is 5.99. The Morgan fingerprint density at radius 2 is 2.04 bits per heavy atom. The highest BCUT2D eigenvalue weighted by Gasteiger charge is 2.40. The Balaban J connectivity index is 1.78. The van der Waals surface area contributed by atoms with Crippen LogP contribution in [0.15, 0.2) is 18.2 Å². The van der Waals surface area contributed by atoms with Crippen LogP contribution in [0.5, 0.6) is 0 Å². The topological polar surface area (TPSA) is 86.7 Å². The molecule has 1 aliphatic carbocycles. The number of nitrogens with one attached hydrogen (secondary N) is 1. The molecule has 122 valence electrons. The molecule has 1 fully saturated rings. The fraction of sp³-hybridized carbons (Fsp3) is 0.471. The predicted molar refractivity (Wildman–Crippen MR) is 84.5 cm³/mol. The molecule has 0 unspecified atom stereocenters. The summed E-state index contributed by atoms with van der Waals surface area (Å²) in [6, 6.07) is 5.28. The minimum absolute atomic E-state index is 0.0408. The van der Waals surface area contributed by atoms with Crippen molar-refractivity contribution < 1.29 is 19.5 Å². The molecule has 0 aromatic heterocycles. The van der Waals surface area contributed by atoms with Crippen molar-refractivity contribution in [3.8, 4) is 0 Å². The van der Waals surface area contributed by atoms with Gasteiger partial charge in [0, 0.05) is 24.7 Å². The maximum atomic E-state index is 12.5. The molecule has 0 bridgehead atoms. The third kappa shape index (κ3) is 2.93. The number of carboxylic acids is 1. The van der Waals surface area contributed by atoms with Gasteiger partial charge in [0.2, 0.25) is 5.91 Å². The van der Waals surface area contributed by atoms with Gasteiger partial charge in [0.1, 0.15) is 0 Å². The molecule has 2 N–H and O–H groups in total. The van der Waals surface area contributed by atoms with Crippen LogP contribution in [0.4, 0.5) is 5.69 Å². The molecule has 2 aliphatic rings. The number of carbonyl (C=O) groups is 3. The zero-order valence-corrected chi connectivity index (χ0v) is 13.1. The van der Waals surface area contributed by atoms with Crippen LogP contribution in [0, 0.1) is 0 Å². The van der Waals surface area contributed by atoms with E-state index in [1.165, 1.54) is 0 Å². The van der Waals surface area contributed by atoms with Crippen LogP contribution in [0.3, 0.4) is 0 Å². The lowest BCUT2D eigenvalue weighted by Crippen LogP contribution is -2.54. The first-order valence-electron chi connectivity index (χ1n) is 7.84. The molecule has 6 nitrogen and oxygen atoms in total. The van der Waals surface area contributed by atoms with Crippen molar-refractivity contribution >= 4 is 23.5 Å². The normalized spacial score (nSPS) is 18.8. The number of nitrogens with zero attached hydrogens (tertiary/aromatic N) is 1. The van der Waals surface area contributed by atoms with E-state index in [0.29, 0.717) is 31.2 Å². The van der Waals surface area contributed by atoms with E-state index < -0.39 is 11.5 Å². The average molecular weight is 316 g/mol. The van der Waals surface area contributed by atoms with Gasteiger partial charge in [0.05, 0.1) is 12.0 Å². The van der Waals surface area contributed by atoms with Gasteiger partial charge in [-0.25, -0.2) is 0 Å². The van der Waals surface area contributed by atoms with Crippen molar-refractivity contribution in [3.63, 3.8) is 0 Å². The third-order valence-corrected chi connectivity index (χ3v) is 4.86. The van der Waals surface area contributed by atoms with E-state index in [9.17, 15) is 14.4 Å². The van der Waals surface area contributed by atoms with E-state index >= 15 is 0 Å². The molecule has 6 heteroatoms. The number of carbonyl (C=O) groups excluding carboxylic acids is 2. The van der Waals surface area contributed by atoms with Crippen LogP contribution < -0.4 is 10.2 Å².